The van der Waals surface area contributed by atoms with Gasteiger partial charge in [0.05, 0.1) is 5.69 Å². The van der Waals surface area contributed by atoms with Crippen molar-refractivity contribution in [2.24, 2.45) is 0 Å². The summed E-state index contributed by atoms with van der Waals surface area (Å²) in [6.07, 6.45) is 8.08. The van der Waals surface area contributed by atoms with Crippen LogP contribution in [0.1, 0.15) is 12.5 Å². The number of aromatic nitrogens is 4. The molecule has 0 unspecified atom stereocenters. The third kappa shape index (κ3) is 4.25. The average Bonchev–Trinajstić information content (AvgIpc) is 2.63. The molecule has 24 heavy (non-hydrogen) atoms. The maximum Gasteiger partial charge on any atom is 0.225 e. The van der Waals surface area contributed by atoms with Crippen molar-refractivity contribution in [3.05, 3.63) is 60.7 Å². The lowest BCUT2D eigenvalue weighted by atomic mass is 10.2. The van der Waals surface area contributed by atoms with Gasteiger partial charge in [0.1, 0.15) is 5.82 Å². The van der Waals surface area contributed by atoms with Crippen LogP contribution in [0.3, 0.4) is 0 Å². The van der Waals surface area contributed by atoms with Crippen molar-refractivity contribution < 1.29 is 0 Å². The monoisotopic (exact) mass is 320 g/mol. The lowest BCUT2D eigenvalue weighted by Gasteiger charge is -2.10. The van der Waals surface area contributed by atoms with Crippen LogP contribution in [0.4, 0.5) is 11.8 Å². The minimum Gasteiger partial charge on any atom is -0.370 e. The first-order valence-corrected chi connectivity index (χ1v) is 8.01. The van der Waals surface area contributed by atoms with E-state index in [4.69, 9.17) is 0 Å². The molecule has 122 valence electrons. The van der Waals surface area contributed by atoms with Gasteiger partial charge in [-0.1, -0.05) is 0 Å². The molecule has 0 fully saturated rings. The second-order valence-corrected chi connectivity index (χ2v) is 5.27. The molecular weight excluding hydrogens is 300 g/mol. The third-order valence-electron chi connectivity index (χ3n) is 3.49. The lowest BCUT2D eigenvalue weighted by molar-refractivity contribution is 0.991. The van der Waals surface area contributed by atoms with Gasteiger partial charge in [-0.15, -0.1) is 0 Å². The van der Waals surface area contributed by atoms with Crippen LogP contribution in [-0.4, -0.2) is 33.0 Å². The van der Waals surface area contributed by atoms with Crippen LogP contribution in [0.25, 0.3) is 11.3 Å². The molecule has 0 aromatic carbocycles. The highest BCUT2D eigenvalue weighted by Crippen LogP contribution is 2.20. The summed E-state index contributed by atoms with van der Waals surface area (Å²) in [4.78, 5) is 17.3. The first-order valence-electron chi connectivity index (χ1n) is 8.01. The predicted molar refractivity (Wildman–Crippen MR) is 95.9 cm³/mol. The Morgan fingerprint density at radius 2 is 1.83 bits per heavy atom. The Morgan fingerprint density at radius 1 is 0.958 bits per heavy atom. The second-order valence-electron chi connectivity index (χ2n) is 5.27. The van der Waals surface area contributed by atoms with Gasteiger partial charge in [-0.05, 0) is 43.2 Å². The van der Waals surface area contributed by atoms with Crippen molar-refractivity contribution in [1.82, 2.24) is 19.9 Å². The molecule has 0 saturated heterocycles. The number of pyridine rings is 2. The molecule has 3 heterocycles. The van der Waals surface area contributed by atoms with Gasteiger partial charge in [0.25, 0.3) is 0 Å². The van der Waals surface area contributed by atoms with E-state index in [-0.39, 0.29) is 0 Å². The zero-order valence-electron chi connectivity index (χ0n) is 13.6. The van der Waals surface area contributed by atoms with E-state index in [1.807, 2.05) is 49.6 Å². The Balaban J connectivity index is 1.75. The van der Waals surface area contributed by atoms with Crippen molar-refractivity contribution in [3.8, 4) is 11.3 Å². The standard InChI is InChI=1S/C18H20N6/c1-2-21-18-23-16(15-4-3-8-20-13-15)12-17(24-18)22-11-7-14-5-9-19-10-6-14/h3-6,8-10,12-13H,2,7,11H2,1H3,(H2,21,22,23,24). The summed E-state index contributed by atoms with van der Waals surface area (Å²) in [6.45, 7) is 3.59. The first kappa shape index (κ1) is 15.9. The topological polar surface area (TPSA) is 75.6 Å². The number of hydrogen-bond acceptors (Lipinski definition) is 6. The SMILES string of the molecule is CCNc1nc(NCCc2ccncc2)cc(-c2cccnc2)n1. The summed E-state index contributed by atoms with van der Waals surface area (Å²) in [5.41, 5.74) is 3.06. The van der Waals surface area contributed by atoms with Crippen LogP contribution in [0.15, 0.2) is 55.1 Å². The molecule has 6 nitrogen and oxygen atoms in total. The fourth-order valence-corrected chi connectivity index (χ4v) is 2.32. The van der Waals surface area contributed by atoms with E-state index >= 15 is 0 Å². The smallest absolute Gasteiger partial charge is 0.225 e. The van der Waals surface area contributed by atoms with Crippen molar-refractivity contribution in [1.29, 1.82) is 0 Å². The van der Waals surface area contributed by atoms with Crippen molar-refractivity contribution in [2.75, 3.05) is 23.7 Å². The number of rotatable bonds is 7. The fraction of sp³-hybridized carbons (Fsp3) is 0.222. The van der Waals surface area contributed by atoms with E-state index in [9.17, 15) is 0 Å². The lowest BCUT2D eigenvalue weighted by Crippen LogP contribution is -2.10. The van der Waals surface area contributed by atoms with Gasteiger partial charge in [-0.25, -0.2) is 4.98 Å². The van der Waals surface area contributed by atoms with Crippen LogP contribution >= 0.6 is 0 Å². The quantitative estimate of drug-likeness (QED) is 0.697. The first-order chi connectivity index (χ1) is 11.8. The molecular formula is C18H20N6. The van der Waals surface area contributed by atoms with Crippen LogP contribution in [0.5, 0.6) is 0 Å². The molecule has 0 atom stereocenters. The molecule has 2 N–H and O–H groups in total. The summed E-state index contributed by atoms with van der Waals surface area (Å²) in [7, 11) is 0. The van der Waals surface area contributed by atoms with E-state index in [1.165, 1.54) is 5.56 Å². The van der Waals surface area contributed by atoms with Crippen LogP contribution < -0.4 is 10.6 Å². The number of nitrogens with zero attached hydrogens (tertiary/aromatic N) is 4. The molecule has 6 heteroatoms. The van der Waals surface area contributed by atoms with E-state index in [0.717, 1.165) is 36.6 Å². The average molecular weight is 320 g/mol. The van der Waals surface area contributed by atoms with E-state index in [1.54, 1.807) is 12.4 Å². The predicted octanol–water partition coefficient (Wildman–Crippen LogP) is 3.02. The molecule has 0 aliphatic carbocycles. The van der Waals surface area contributed by atoms with Crippen molar-refractivity contribution in [2.45, 2.75) is 13.3 Å². The summed E-state index contributed by atoms with van der Waals surface area (Å²) in [5.74, 6) is 1.42. The Bertz CT molecular complexity index is 761. The number of nitrogens with one attached hydrogen (secondary N) is 2. The number of anilines is 2. The highest BCUT2D eigenvalue weighted by atomic mass is 15.1. The van der Waals surface area contributed by atoms with E-state index < -0.39 is 0 Å². The molecule has 0 aliphatic rings. The van der Waals surface area contributed by atoms with Crippen LogP contribution in [0.2, 0.25) is 0 Å². The number of hydrogen-bond donors (Lipinski definition) is 2. The normalized spacial score (nSPS) is 10.4. The van der Waals surface area contributed by atoms with Gasteiger partial charge in [0, 0.05) is 49.5 Å². The maximum atomic E-state index is 4.55. The van der Waals surface area contributed by atoms with Gasteiger partial charge in [-0.2, -0.15) is 4.98 Å². The van der Waals surface area contributed by atoms with E-state index in [0.29, 0.717) is 5.95 Å². The second kappa shape index (κ2) is 8.01. The third-order valence-corrected chi connectivity index (χ3v) is 3.49. The van der Waals surface area contributed by atoms with Gasteiger partial charge in [0.15, 0.2) is 0 Å². The zero-order chi connectivity index (χ0) is 16.6. The Kier molecular flexibility index (Phi) is 5.29. The summed E-state index contributed by atoms with van der Waals surface area (Å²) in [6, 6.07) is 9.89. The molecule has 0 saturated carbocycles. The molecule has 0 spiro atoms. The summed E-state index contributed by atoms with van der Waals surface area (Å²) >= 11 is 0. The highest BCUT2D eigenvalue weighted by Gasteiger charge is 2.06. The van der Waals surface area contributed by atoms with Gasteiger partial charge in [-0.3, -0.25) is 9.97 Å². The molecule has 3 aromatic heterocycles. The summed E-state index contributed by atoms with van der Waals surface area (Å²) < 4.78 is 0. The highest BCUT2D eigenvalue weighted by molar-refractivity contribution is 5.63. The maximum absolute atomic E-state index is 4.55. The van der Waals surface area contributed by atoms with Crippen LogP contribution in [-0.2, 0) is 6.42 Å². The molecule has 0 bridgehead atoms. The van der Waals surface area contributed by atoms with E-state index in [2.05, 4.69) is 30.6 Å². The van der Waals surface area contributed by atoms with Crippen molar-refractivity contribution >= 4 is 11.8 Å². The largest absolute Gasteiger partial charge is 0.370 e. The van der Waals surface area contributed by atoms with Gasteiger partial charge in [0.2, 0.25) is 5.95 Å². The van der Waals surface area contributed by atoms with Gasteiger partial charge >= 0.3 is 0 Å². The molecule has 3 aromatic rings. The van der Waals surface area contributed by atoms with Crippen molar-refractivity contribution in [3.63, 3.8) is 0 Å². The van der Waals surface area contributed by atoms with Crippen LogP contribution in [0, 0.1) is 0 Å². The molecule has 0 aliphatic heterocycles. The Hall–Kier alpha value is -3.02. The summed E-state index contributed by atoms with van der Waals surface area (Å²) in [5, 5.41) is 6.55. The van der Waals surface area contributed by atoms with Gasteiger partial charge < -0.3 is 10.6 Å². The molecule has 0 radical (unpaired) electrons. The minimum absolute atomic E-state index is 0.616. The Labute approximate surface area is 141 Å². The molecule has 3 rings (SSSR count). The molecule has 0 amide bonds. The Morgan fingerprint density at radius 3 is 2.58 bits per heavy atom. The minimum atomic E-state index is 0.616. The zero-order valence-corrected chi connectivity index (χ0v) is 13.6. The fourth-order valence-electron chi connectivity index (χ4n) is 2.32.